The van der Waals surface area contributed by atoms with Crippen molar-refractivity contribution >= 4 is 66.6 Å². The topological polar surface area (TPSA) is 110 Å². The van der Waals surface area contributed by atoms with E-state index in [0.717, 1.165) is 26.5 Å². The maximum atomic E-state index is 12.8. The Kier molecular flexibility index (Phi) is 5.19. The molecule has 0 atom stereocenters. The van der Waals surface area contributed by atoms with Crippen LogP contribution in [0.3, 0.4) is 0 Å². The van der Waals surface area contributed by atoms with E-state index in [9.17, 15) is 9.59 Å². The third-order valence-corrected chi connectivity index (χ3v) is 7.32. The molecule has 0 saturated heterocycles. The molecule has 30 heavy (non-hydrogen) atoms. The fraction of sp³-hybridized carbons (Fsp3) is 0.0909. The van der Waals surface area contributed by atoms with Gasteiger partial charge in [-0.25, -0.2) is 0 Å². The Balaban J connectivity index is 1.63. The first kappa shape index (κ1) is 19.9. The largest absolute Gasteiger partial charge is 0.397 e. The van der Waals surface area contributed by atoms with Gasteiger partial charge in [0.1, 0.15) is 9.75 Å². The molecule has 6 nitrogen and oxygen atoms in total. The molecule has 4 rings (SSSR count). The number of anilines is 4. The smallest absolute Gasteiger partial charge is 0.267 e. The van der Waals surface area contributed by atoms with Crippen molar-refractivity contribution in [1.29, 1.82) is 0 Å². The lowest BCUT2D eigenvalue weighted by atomic mass is 10.2. The zero-order chi connectivity index (χ0) is 21.4. The highest BCUT2D eigenvalue weighted by Gasteiger charge is 2.25. The zero-order valence-corrected chi connectivity index (χ0v) is 18.0. The van der Waals surface area contributed by atoms with Crippen molar-refractivity contribution < 1.29 is 9.59 Å². The summed E-state index contributed by atoms with van der Waals surface area (Å²) in [5.41, 5.74) is 16.5. The molecule has 2 aromatic heterocycles. The maximum absolute atomic E-state index is 12.8. The SMILES string of the molecule is Cc1ccccc1NC(=O)c1sc2sc(C(=O)Nc3ccccc3C)c(N)c2c1N. The number of rotatable bonds is 4. The fourth-order valence-corrected chi connectivity index (χ4v) is 5.52. The normalized spacial score (nSPS) is 10.9. The van der Waals surface area contributed by atoms with E-state index in [1.54, 1.807) is 0 Å². The maximum Gasteiger partial charge on any atom is 0.267 e. The number of carbonyl (C=O) groups is 2. The number of nitrogen functional groups attached to an aromatic ring is 2. The number of amides is 2. The first-order valence-corrected chi connectivity index (χ1v) is 10.8. The van der Waals surface area contributed by atoms with Crippen LogP contribution in [0.2, 0.25) is 0 Å². The second-order valence-electron chi connectivity index (χ2n) is 6.89. The van der Waals surface area contributed by atoms with Gasteiger partial charge in [-0.15, -0.1) is 22.7 Å². The van der Waals surface area contributed by atoms with E-state index in [2.05, 4.69) is 10.6 Å². The van der Waals surface area contributed by atoms with Gasteiger partial charge in [-0.3, -0.25) is 9.59 Å². The second-order valence-corrected chi connectivity index (χ2v) is 9.19. The molecule has 0 aliphatic carbocycles. The van der Waals surface area contributed by atoms with Gasteiger partial charge in [-0.05, 0) is 37.1 Å². The Bertz CT molecular complexity index is 1190. The minimum atomic E-state index is -0.291. The summed E-state index contributed by atoms with van der Waals surface area (Å²) in [7, 11) is 0. The first-order valence-electron chi connectivity index (χ1n) is 9.21. The number of benzene rings is 2. The third-order valence-electron chi connectivity index (χ3n) is 4.82. The van der Waals surface area contributed by atoms with Gasteiger partial charge in [0.15, 0.2) is 0 Å². The van der Waals surface area contributed by atoms with E-state index in [1.807, 2.05) is 62.4 Å². The number of hydrogen-bond donors (Lipinski definition) is 4. The molecule has 2 heterocycles. The summed E-state index contributed by atoms with van der Waals surface area (Å²) in [4.78, 5) is 26.3. The second kappa shape index (κ2) is 7.81. The van der Waals surface area contributed by atoms with E-state index in [4.69, 9.17) is 11.5 Å². The van der Waals surface area contributed by atoms with Crippen LogP contribution in [-0.4, -0.2) is 11.8 Å². The number of nitrogens with two attached hydrogens (primary N) is 2. The van der Waals surface area contributed by atoms with E-state index in [-0.39, 0.29) is 11.8 Å². The summed E-state index contributed by atoms with van der Waals surface area (Å²) in [5, 5.41) is 6.34. The predicted molar refractivity (Wildman–Crippen MR) is 127 cm³/mol. The molecule has 6 N–H and O–H groups in total. The van der Waals surface area contributed by atoms with Crippen LogP contribution in [0.4, 0.5) is 22.7 Å². The molecule has 0 aliphatic heterocycles. The Morgan fingerprint density at radius 1 is 0.733 bits per heavy atom. The van der Waals surface area contributed by atoms with Crippen molar-refractivity contribution in [1.82, 2.24) is 0 Å². The minimum Gasteiger partial charge on any atom is -0.397 e. The molecule has 0 radical (unpaired) electrons. The molecule has 0 aliphatic rings. The van der Waals surface area contributed by atoms with Crippen LogP contribution >= 0.6 is 22.7 Å². The molecule has 8 heteroatoms. The minimum absolute atomic E-state index is 0.291. The van der Waals surface area contributed by atoms with Gasteiger partial charge in [0.2, 0.25) is 0 Å². The highest BCUT2D eigenvalue weighted by Crippen LogP contribution is 2.45. The summed E-state index contributed by atoms with van der Waals surface area (Å²) in [6.45, 7) is 3.84. The van der Waals surface area contributed by atoms with Crippen LogP contribution in [0.25, 0.3) is 9.40 Å². The summed E-state index contributed by atoms with van der Waals surface area (Å²) in [6.07, 6.45) is 0. The molecule has 2 amide bonds. The number of aryl methyl sites for hydroxylation is 2. The lowest BCUT2D eigenvalue weighted by Gasteiger charge is -2.08. The van der Waals surface area contributed by atoms with Crippen molar-refractivity contribution in [3.05, 3.63) is 69.4 Å². The van der Waals surface area contributed by atoms with Crippen LogP contribution in [0.1, 0.15) is 30.5 Å². The molecule has 0 fully saturated rings. The monoisotopic (exact) mass is 436 g/mol. The summed E-state index contributed by atoms with van der Waals surface area (Å²) in [5.74, 6) is -0.582. The van der Waals surface area contributed by atoms with E-state index in [0.29, 0.717) is 26.5 Å². The fourth-order valence-electron chi connectivity index (χ4n) is 3.13. The van der Waals surface area contributed by atoms with Crippen LogP contribution in [0.5, 0.6) is 0 Å². The first-order chi connectivity index (χ1) is 14.4. The predicted octanol–water partition coefficient (Wildman–Crippen LogP) is 5.25. The number of thiophene rings is 2. The lowest BCUT2D eigenvalue weighted by molar-refractivity contribution is 0.102. The third kappa shape index (κ3) is 3.51. The number of carbonyl (C=O) groups excluding carboxylic acids is 2. The highest BCUT2D eigenvalue weighted by atomic mass is 32.2. The molecule has 0 saturated carbocycles. The van der Waals surface area contributed by atoms with Gasteiger partial charge < -0.3 is 22.1 Å². The number of hydrogen-bond acceptors (Lipinski definition) is 6. The van der Waals surface area contributed by atoms with Gasteiger partial charge in [0.05, 0.1) is 20.8 Å². The molecule has 0 unspecified atom stereocenters. The van der Waals surface area contributed by atoms with E-state index >= 15 is 0 Å². The standard InChI is InChI=1S/C22H20N4O2S2/c1-11-7-3-5-9-13(11)25-20(27)18-16(23)15-17(24)19(30-22(15)29-18)21(28)26-14-10-6-4-8-12(14)2/h3-10H,23-24H2,1-2H3,(H,25,27)(H,26,28). The average Bonchev–Trinajstić information content (AvgIpc) is 3.22. The summed E-state index contributed by atoms with van der Waals surface area (Å²) < 4.78 is 0.745. The molecule has 0 spiro atoms. The van der Waals surface area contributed by atoms with Gasteiger partial charge in [-0.2, -0.15) is 0 Å². The van der Waals surface area contributed by atoms with Crippen molar-refractivity contribution in [3.8, 4) is 0 Å². The summed E-state index contributed by atoms with van der Waals surface area (Å²) in [6, 6.07) is 15.0. The molecule has 4 aromatic rings. The Morgan fingerprint density at radius 2 is 1.13 bits per heavy atom. The Labute approximate surface area is 181 Å². The van der Waals surface area contributed by atoms with E-state index in [1.165, 1.54) is 22.7 Å². The average molecular weight is 437 g/mol. The van der Waals surface area contributed by atoms with Crippen LogP contribution in [0.15, 0.2) is 48.5 Å². The number of nitrogens with one attached hydrogen (secondary N) is 2. The van der Waals surface area contributed by atoms with Crippen molar-refractivity contribution in [3.63, 3.8) is 0 Å². The Hall–Kier alpha value is -3.36. The van der Waals surface area contributed by atoms with Gasteiger partial charge in [-0.1, -0.05) is 36.4 Å². The van der Waals surface area contributed by atoms with Crippen LogP contribution < -0.4 is 22.1 Å². The zero-order valence-electron chi connectivity index (χ0n) is 16.4. The lowest BCUT2D eigenvalue weighted by Crippen LogP contribution is -2.14. The molecular formula is C22H20N4O2S2. The van der Waals surface area contributed by atoms with Crippen molar-refractivity contribution in [2.45, 2.75) is 13.8 Å². The molecular weight excluding hydrogens is 416 g/mol. The van der Waals surface area contributed by atoms with Crippen LogP contribution in [0, 0.1) is 13.8 Å². The van der Waals surface area contributed by atoms with Crippen LogP contribution in [-0.2, 0) is 0 Å². The van der Waals surface area contributed by atoms with Gasteiger partial charge in [0.25, 0.3) is 11.8 Å². The molecule has 0 bridgehead atoms. The Morgan fingerprint density at radius 3 is 1.50 bits per heavy atom. The number of fused-ring (bicyclic) bond motifs is 1. The molecule has 152 valence electrons. The van der Waals surface area contributed by atoms with Gasteiger partial charge >= 0.3 is 0 Å². The van der Waals surface area contributed by atoms with Crippen molar-refractivity contribution in [2.75, 3.05) is 22.1 Å². The summed E-state index contributed by atoms with van der Waals surface area (Å²) >= 11 is 2.48. The van der Waals surface area contributed by atoms with Gasteiger partial charge in [0, 0.05) is 11.4 Å². The quantitative estimate of drug-likeness (QED) is 0.350. The molecule has 2 aromatic carbocycles. The van der Waals surface area contributed by atoms with Crippen molar-refractivity contribution in [2.24, 2.45) is 0 Å². The number of para-hydroxylation sites is 2. The highest BCUT2D eigenvalue weighted by molar-refractivity contribution is 7.40. The van der Waals surface area contributed by atoms with E-state index < -0.39 is 0 Å².